The molecular formula is C20H25N3O2. The number of benzene rings is 1. The molecule has 132 valence electrons. The van der Waals surface area contributed by atoms with Crippen molar-refractivity contribution in [1.29, 1.82) is 0 Å². The minimum absolute atomic E-state index is 0.0815. The summed E-state index contributed by atoms with van der Waals surface area (Å²) in [6.07, 6.45) is 5.52. The predicted octanol–water partition coefficient (Wildman–Crippen LogP) is 2.74. The van der Waals surface area contributed by atoms with E-state index in [9.17, 15) is 9.59 Å². The first kappa shape index (κ1) is 16.2. The van der Waals surface area contributed by atoms with Crippen molar-refractivity contribution in [2.24, 2.45) is 0 Å². The molecule has 1 aliphatic carbocycles. The third-order valence-corrected chi connectivity index (χ3v) is 5.57. The molecule has 1 aromatic carbocycles. The van der Waals surface area contributed by atoms with Crippen LogP contribution in [0.3, 0.4) is 0 Å². The highest BCUT2D eigenvalue weighted by molar-refractivity contribution is 5.99. The average Bonchev–Trinajstić information content (AvgIpc) is 2.81. The van der Waals surface area contributed by atoms with Crippen molar-refractivity contribution >= 4 is 22.7 Å². The van der Waals surface area contributed by atoms with Gasteiger partial charge in [0, 0.05) is 55.3 Å². The number of aryl methyl sites for hydroxylation is 2. The fraction of sp³-hybridized carbons (Fsp3) is 0.500. The zero-order valence-electron chi connectivity index (χ0n) is 14.8. The molecule has 0 atom stereocenters. The number of rotatable bonds is 1. The van der Waals surface area contributed by atoms with Gasteiger partial charge < -0.3 is 14.8 Å². The van der Waals surface area contributed by atoms with Crippen molar-refractivity contribution in [2.45, 2.75) is 39.0 Å². The lowest BCUT2D eigenvalue weighted by atomic mass is 9.95. The number of fused-ring (bicyclic) bond motifs is 3. The summed E-state index contributed by atoms with van der Waals surface area (Å²) in [5, 5.41) is 1.21. The van der Waals surface area contributed by atoms with Gasteiger partial charge in [0.25, 0.3) is 5.91 Å². The van der Waals surface area contributed by atoms with E-state index in [-0.39, 0.29) is 11.8 Å². The minimum atomic E-state index is 0.0815. The van der Waals surface area contributed by atoms with Gasteiger partial charge in [-0.15, -0.1) is 0 Å². The third-order valence-electron chi connectivity index (χ3n) is 5.57. The van der Waals surface area contributed by atoms with E-state index in [1.54, 1.807) is 6.92 Å². The molecule has 2 heterocycles. The van der Waals surface area contributed by atoms with Gasteiger partial charge in [-0.3, -0.25) is 9.59 Å². The molecule has 0 saturated carbocycles. The van der Waals surface area contributed by atoms with Crippen molar-refractivity contribution in [3.05, 3.63) is 35.0 Å². The summed E-state index contributed by atoms with van der Waals surface area (Å²) in [6.45, 7) is 4.29. The van der Waals surface area contributed by atoms with Gasteiger partial charge in [-0.2, -0.15) is 0 Å². The van der Waals surface area contributed by atoms with Crippen LogP contribution >= 0.6 is 0 Å². The first-order valence-electron chi connectivity index (χ1n) is 9.32. The Bertz CT molecular complexity index is 824. The van der Waals surface area contributed by atoms with Gasteiger partial charge in [0.1, 0.15) is 0 Å². The summed E-state index contributed by atoms with van der Waals surface area (Å²) >= 11 is 0. The quantitative estimate of drug-likeness (QED) is 0.868. The van der Waals surface area contributed by atoms with E-state index in [2.05, 4.69) is 11.1 Å². The second kappa shape index (κ2) is 6.54. The normalized spacial score (nSPS) is 18.1. The Morgan fingerprint density at radius 3 is 2.56 bits per heavy atom. The van der Waals surface area contributed by atoms with Crippen LogP contribution in [0.2, 0.25) is 0 Å². The highest BCUT2D eigenvalue weighted by atomic mass is 16.2. The van der Waals surface area contributed by atoms with Crippen LogP contribution in [0.15, 0.2) is 18.2 Å². The molecule has 0 radical (unpaired) electrons. The van der Waals surface area contributed by atoms with Gasteiger partial charge >= 0.3 is 0 Å². The summed E-state index contributed by atoms with van der Waals surface area (Å²) < 4.78 is 0. The number of aromatic amines is 1. The first-order chi connectivity index (χ1) is 12.1. The maximum atomic E-state index is 13.0. The molecule has 5 nitrogen and oxygen atoms in total. The van der Waals surface area contributed by atoms with Crippen molar-refractivity contribution in [1.82, 2.24) is 14.8 Å². The van der Waals surface area contributed by atoms with Crippen LogP contribution < -0.4 is 0 Å². The number of nitrogens with zero attached hydrogens (tertiary/aromatic N) is 2. The number of carbonyl (C=O) groups is 2. The Balaban J connectivity index is 1.58. The van der Waals surface area contributed by atoms with Crippen molar-refractivity contribution in [3.8, 4) is 0 Å². The number of nitrogens with one attached hydrogen (secondary N) is 1. The third kappa shape index (κ3) is 3.03. The average molecular weight is 339 g/mol. The highest BCUT2D eigenvalue weighted by Gasteiger charge is 2.22. The Kier molecular flexibility index (Phi) is 4.24. The Labute approximate surface area is 148 Å². The van der Waals surface area contributed by atoms with Gasteiger partial charge in [-0.05, 0) is 55.9 Å². The van der Waals surface area contributed by atoms with Crippen LogP contribution in [-0.4, -0.2) is 52.8 Å². The largest absolute Gasteiger partial charge is 0.358 e. The van der Waals surface area contributed by atoms with Crippen molar-refractivity contribution < 1.29 is 9.59 Å². The van der Waals surface area contributed by atoms with E-state index in [1.807, 2.05) is 21.9 Å². The van der Waals surface area contributed by atoms with E-state index in [4.69, 9.17) is 0 Å². The van der Waals surface area contributed by atoms with Crippen LogP contribution in [0.1, 0.15) is 47.8 Å². The Hall–Kier alpha value is -2.30. The van der Waals surface area contributed by atoms with Crippen LogP contribution in [0.25, 0.3) is 10.9 Å². The fourth-order valence-electron chi connectivity index (χ4n) is 4.16. The lowest BCUT2D eigenvalue weighted by Gasteiger charge is -2.21. The Morgan fingerprint density at radius 1 is 0.960 bits per heavy atom. The maximum absolute atomic E-state index is 13.0. The van der Waals surface area contributed by atoms with E-state index >= 15 is 0 Å². The monoisotopic (exact) mass is 339 g/mol. The SMILES string of the molecule is CC(=O)N1CCCN(C(=O)c2ccc3[nH]c4c(c3c2)CCCC4)CC1. The summed E-state index contributed by atoms with van der Waals surface area (Å²) in [7, 11) is 0. The fourth-order valence-corrected chi connectivity index (χ4v) is 4.16. The van der Waals surface area contributed by atoms with Gasteiger partial charge in [0.15, 0.2) is 0 Å². The molecule has 0 unspecified atom stereocenters. The molecular weight excluding hydrogens is 314 g/mol. The molecule has 25 heavy (non-hydrogen) atoms. The number of hydrogen-bond acceptors (Lipinski definition) is 2. The number of carbonyl (C=O) groups excluding carboxylic acids is 2. The van der Waals surface area contributed by atoms with Crippen LogP contribution in [0, 0.1) is 0 Å². The number of H-pyrrole nitrogens is 1. The molecule has 0 bridgehead atoms. The molecule has 2 aliphatic rings. The molecule has 1 aromatic heterocycles. The molecule has 0 spiro atoms. The zero-order chi connectivity index (χ0) is 17.4. The first-order valence-corrected chi connectivity index (χ1v) is 9.32. The molecule has 5 heteroatoms. The van der Waals surface area contributed by atoms with Crippen LogP contribution in [0.5, 0.6) is 0 Å². The topological polar surface area (TPSA) is 56.4 Å². The summed E-state index contributed by atoms with van der Waals surface area (Å²) in [6, 6.07) is 6.03. The van der Waals surface area contributed by atoms with Crippen molar-refractivity contribution in [3.63, 3.8) is 0 Å². The van der Waals surface area contributed by atoms with E-state index in [0.29, 0.717) is 19.6 Å². The molecule has 2 amide bonds. The lowest BCUT2D eigenvalue weighted by Crippen LogP contribution is -2.36. The van der Waals surface area contributed by atoms with Crippen molar-refractivity contribution in [2.75, 3.05) is 26.2 Å². The smallest absolute Gasteiger partial charge is 0.253 e. The highest BCUT2D eigenvalue weighted by Crippen LogP contribution is 2.30. The zero-order valence-corrected chi connectivity index (χ0v) is 14.8. The molecule has 1 fully saturated rings. The van der Waals surface area contributed by atoms with Crippen LogP contribution in [-0.2, 0) is 17.6 Å². The summed E-state index contributed by atoms with van der Waals surface area (Å²) in [5.74, 6) is 0.174. The van der Waals surface area contributed by atoms with Gasteiger partial charge in [0.05, 0.1) is 0 Å². The Morgan fingerprint density at radius 2 is 1.72 bits per heavy atom. The molecule has 4 rings (SSSR count). The molecule has 1 saturated heterocycles. The van der Waals surface area contributed by atoms with Gasteiger partial charge in [0.2, 0.25) is 5.91 Å². The number of aromatic nitrogens is 1. The number of hydrogen-bond donors (Lipinski definition) is 1. The van der Waals surface area contributed by atoms with Gasteiger partial charge in [-0.1, -0.05) is 0 Å². The molecule has 1 N–H and O–H groups in total. The molecule has 2 aromatic rings. The minimum Gasteiger partial charge on any atom is -0.358 e. The van der Waals surface area contributed by atoms with E-state index < -0.39 is 0 Å². The van der Waals surface area contributed by atoms with E-state index in [1.165, 1.54) is 29.5 Å². The number of amides is 2. The van der Waals surface area contributed by atoms with E-state index in [0.717, 1.165) is 36.9 Å². The summed E-state index contributed by atoms with van der Waals surface area (Å²) in [4.78, 5) is 31.8. The lowest BCUT2D eigenvalue weighted by molar-refractivity contribution is -0.128. The standard InChI is InChI=1S/C20H25N3O2/c1-14(24)22-9-4-10-23(12-11-22)20(25)15-7-8-19-17(13-15)16-5-2-3-6-18(16)21-19/h7-8,13,21H,2-6,9-12H2,1H3. The second-order valence-corrected chi connectivity index (χ2v) is 7.20. The predicted molar refractivity (Wildman–Crippen MR) is 97.7 cm³/mol. The summed E-state index contributed by atoms with van der Waals surface area (Å²) in [5.41, 5.74) is 4.64. The maximum Gasteiger partial charge on any atom is 0.253 e. The molecule has 1 aliphatic heterocycles. The second-order valence-electron chi connectivity index (χ2n) is 7.20. The van der Waals surface area contributed by atoms with Crippen LogP contribution in [0.4, 0.5) is 0 Å². The van der Waals surface area contributed by atoms with Gasteiger partial charge in [-0.25, -0.2) is 0 Å².